The summed E-state index contributed by atoms with van der Waals surface area (Å²) in [5.74, 6) is -1.21. The highest BCUT2D eigenvalue weighted by atomic mass is 19.1. The molecule has 0 aliphatic carbocycles. The van der Waals surface area contributed by atoms with Crippen LogP contribution in [0.3, 0.4) is 0 Å². The van der Waals surface area contributed by atoms with E-state index < -0.39 is 35.6 Å². The standard InChI is InChI=1S/C15H16FNO5/c1-15(2,3)22-14(20)17-11(8-12(18)21-13(17)19)9-4-6-10(16)7-5-9/h4-7,11H,8H2,1-3H3. The molecule has 1 aromatic carbocycles. The van der Waals surface area contributed by atoms with E-state index in [1.54, 1.807) is 20.8 Å². The molecule has 0 aromatic heterocycles. The second kappa shape index (κ2) is 5.75. The van der Waals surface area contributed by atoms with Gasteiger partial charge in [0.2, 0.25) is 0 Å². The number of carbonyl (C=O) groups is 3. The van der Waals surface area contributed by atoms with E-state index in [0.29, 0.717) is 5.56 Å². The van der Waals surface area contributed by atoms with Gasteiger partial charge < -0.3 is 9.47 Å². The topological polar surface area (TPSA) is 72.9 Å². The highest BCUT2D eigenvalue weighted by molar-refractivity contribution is 5.97. The van der Waals surface area contributed by atoms with Gasteiger partial charge in [-0.05, 0) is 38.5 Å². The van der Waals surface area contributed by atoms with E-state index in [0.717, 1.165) is 4.90 Å². The van der Waals surface area contributed by atoms with Crippen molar-refractivity contribution in [2.75, 3.05) is 0 Å². The van der Waals surface area contributed by atoms with E-state index in [2.05, 4.69) is 4.74 Å². The van der Waals surface area contributed by atoms with Gasteiger partial charge in [-0.3, -0.25) is 4.79 Å². The summed E-state index contributed by atoms with van der Waals surface area (Å²) < 4.78 is 22.7. The minimum atomic E-state index is -1.10. The van der Waals surface area contributed by atoms with Crippen molar-refractivity contribution in [3.8, 4) is 0 Å². The molecule has 2 amide bonds. The Balaban J connectivity index is 2.33. The highest BCUT2D eigenvalue weighted by Gasteiger charge is 2.42. The van der Waals surface area contributed by atoms with Gasteiger partial charge in [0, 0.05) is 0 Å². The van der Waals surface area contributed by atoms with Crippen LogP contribution in [0, 0.1) is 5.82 Å². The molecule has 1 atom stereocenters. The number of ether oxygens (including phenoxy) is 2. The summed E-state index contributed by atoms with van der Waals surface area (Å²) >= 11 is 0. The molecular weight excluding hydrogens is 293 g/mol. The Labute approximate surface area is 126 Å². The van der Waals surface area contributed by atoms with Crippen molar-refractivity contribution in [2.24, 2.45) is 0 Å². The highest BCUT2D eigenvalue weighted by Crippen LogP contribution is 2.31. The Morgan fingerprint density at radius 3 is 2.41 bits per heavy atom. The molecule has 22 heavy (non-hydrogen) atoms. The molecule has 7 heteroatoms. The quantitative estimate of drug-likeness (QED) is 0.588. The van der Waals surface area contributed by atoms with Gasteiger partial charge in [0.15, 0.2) is 0 Å². The Hall–Kier alpha value is -2.44. The maximum absolute atomic E-state index is 13.0. The van der Waals surface area contributed by atoms with Crippen LogP contribution in [0.5, 0.6) is 0 Å². The second-order valence-corrected chi connectivity index (χ2v) is 5.86. The van der Waals surface area contributed by atoms with Gasteiger partial charge in [0.25, 0.3) is 0 Å². The van der Waals surface area contributed by atoms with Crippen LogP contribution in [-0.2, 0) is 14.3 Å². The molecule has 118 valence electrons. The third kappa shape index (κ3) is 3.60. The molecule has 1 fully saturated rings. The van der Waals surface area contributed by atoms with Crippen molar-refractivity contribution in [2.45, 2.75) is 38.8 Å². The first-order valence-corrected chi connectivity index (χ1v) is 6.70. The van der Waals surface area contributed by atoms with Crippen molar-refractivity contribution in [3.63, 3.8) is 0 Å². The summed E-state index contributed by atoms with van der Waals surface area (Å²) in [5, 5.41) is 0. The summed E-state index contributed by atoms with van der Waals surface area (Å²) in [6.07, 6.45) is -2.23. The Morgan fingerprint density at radius 1 is 1.27 bits per heavy atom. The minimum Gasteiger partial charge on any atom is -0.443 e. The van der Waals surface area contributed by atoms with Crippen LogP contribution < -0.4 is 0 Å². The Bertz CT molecular complexity index is 605. The molecule has 1 saturated heterocycles. The Kier molecular flexibility index (Phi) is 4.16. The van der Waals surface area contributed by atoms with Crippen molar-refractivity contribution >= 4 is 18.2 Å². The molecule has 1 heterocycles. The normalized spacial score (nSPS) is 18.9. The van der Waals surface area contributed by atoms with Gasteiger partial charge in [-0.25, -0.2) is 18.9 Å². The molecule has 0 spiro atoms. The van der Waals surface area contributed by atoms with Gasteiger partial charge in [-0.2, -0.15) is 0 Å². The smallest absolute Gasteiger partial charge is 0.427 e. The van der Waals surface area contributed by atoms with Crippen molar-refractivity contribution in [3.05, 3.63) is 35.6 Å². The molecule has 0 saturated carbocycles. The van der Waals surface area contributed by atoms with Crippen molar-refractivity contribution in [1.82, 2.24) is 4.90 Å². The first kappa shape index (κ1) is 15.9. The molecule has 0 bridgehead atoms. The number of hydrogen-bond acceptors (Lipinski definition) is 5. The summed E-state index contributed by atoms with van der Waals surface area (Å²) in [6.45, 7) is 4.95. The fourth-order valence-corrected chi connectivity index (χ4v) is 2.03. The fraction of sp³-hybridized carbons (Fsp3) is 0.400. The molecule has 1 aliphatic heterocycles. The summed E-state index contributed by atoms with van der Waals surface area (Å²) in [5.41, 5.74) is -0.371. The summed E-state index contributed by atoms with van der Waals surface area (Å²) in [4.78, 5) is 36.3. The lowest BCUT2D eigenvalue weighted by Crippen LogP contribution is -2.48. The lowest BCUT2D eigenvalue weighted by atomic mass is 10.0. The van der Waals surface area contributed by atoms with Crippen molar-refractivity contribution < 1.29 is 28.2 Å². The largest absolute Gasteiger partial charge is 0.443 e. The zero-order valence-corrected chi connectivity index (χ0v) is 12.5. The summed E-state index contributed by atoms with van der Waals surface area (Å²) in [7, 11) is 0. The number of rotatable bonds is 1. The van der Waals surface area contributed by atoms with Gasteiger partial charge in [-0.15, -0.1) is 0 Å². The zero-order chi connectivity index (χ0) is 16.5. The molecule has 1 unspecified atom stereocenters. The molecule has 1 aromatic rings. The van der Waals surface area contributed by atoms with Crippen LogP contribution in [0.1, 0.15) is 38.8 Å². The van der Waals surface area contributed by atoms with Crippen LogP contribution in [0.15, 0.2) is 24.3 Å². The number of nitrogens with zero attached hydrogens (tertiary/aromatic N) is 1. The maximum Gasteiger partial charge on any atom is 0.427 e. The van der Waals surface area contributed by atoms with Gasteiger partial charge in [0.05, 0.1) is 12.5 Å². The lowest BCUT2D eigenvalue weighted by molar-refractivity contribution is -0.143. The van der Waals surface area contributed by atoms with Crippen LogP contribution in [0.2, 0.25) is 0 Å². The van der Waals surface area contributed by atoms with Crippen LogP contribution in [0.4, 0.5) is 14.0 Å². The monoisotopic (exact) mass is 309 g/mol. The number of carbonyl (C=O) groups excluding carboxylic acids is 3. The predicted octanol–water partition coefficient (Wildman–Crippen LogP) is 3.17. The van der Waals surface area contributed by atoms with E-state index in [1.165, 1.54) is 24.3 Å². The fourth-order valence-electron chi connectivity index (χ4n) is 2.03. The third-order valence-electron chi connectivity index (χ3n) is 2.91. The number of esters is 1. The number of imide groups is 1. The van der Waals surface area contributed by atoms with Gasteiger partial charge in [-0.1, -0.05) is 12.1 Å². The summed E-state index contributed by atoms with van der Waals surface area (Å²) in [6, 6.07) is 4.30. The minimum absolute atomic E-state index is 0.212. The predicted molar refractivity (Wildman–Crippen MR) is 73.3 cm³/mol. The lowest BCUT2D eigenvalue weighted by Gasteiger charge is -2.33. The third-order valence-corrected chi connectivity index (χ3v) is 2.91. The molecular formula is C15H16FNO5. The molecule has 2 rings (SSSR count). The van der Waals surface area contributed by atoms with Crippen LogP contribution >= 0.6 is 0 Å². The zero-order valence-electron chi connectivity index (χ0n) is 12.5. The van der Waals surface area contributed by atoms with E-state index in [9.17, 15) is 18.8 Å². The maximum atomic E-state index is 13.0. The van der Waals surface area contributed by atoms with Crippen LogP contribution in [0.25, 0.3) is 0 Å². The molecule has 0 radical (unpaired) electrons. The number of benzene rings is 1. The number of halogens is 1. The van der Waals surface area contributed by atoms with Gasteiger partial charge in [0.1, 0.15) is 11.4 Å². The number of amides is 2. The first-order valence-electron chi connectivity index (χ1n) is 6.70. The molecule has 6 nitrogen and oxygen atoms in total. The average molecular weight is 309 g/mol. The van der Waals surface area contributed by atoms with Crippen molar-refractivity contribution in [1.29, 1.82) is 0 Å². The first-order chi connectivity index (χ1) is 10.2. The van der Waals surface area contributed by atoms with E-state index in [-0.39, 0.29) is 6.42 Å². The van der Waals surface area contributed by atoms with E-state index in [4.69, 9.17) is 4.74 Å². The average Bonchev–Trinajstić information content (AvgIpc) is 2.36. The molecule has 1 aliphatic rings. The Morgan fingerprint density at radius 2 is 1.86 bits per heavy atom. The number of cyclic esters (lactones) is 2. The van der Waals surface area contributed by atoms with E-state index in [1.807, 2.05) is 0 Å². The SMILES string of the molecule is CC(C)(C)OC(=O)N1C(=O)OC(=O)CC1c1ccc(F)cc1. The second-order valence-electron chi connectivity index (χ2n) is 5.86. The van der Waals surface area contributed by atoms with Gasteiger partial charge >= 0.3 is 18.2 Å². The molecule has 0 N–H and O–H groups in total. The van der Waals surface area contributed by atoms with E-state index >= 15 is 0 Å². The van der Waals surface area contributed by atoms with Crippen LogP contribution in [-0.4, -0.2) is 28.7 Å². The number of hydrogen-bond donors (Lipinski definition) is 0.